The van der Waals surface area contributed by atoms with E-state index < -0.39 is 12.1 Å². The Morgan fingerprint density at radius 3 is 2.90 bits per heavy atom. The Morgan fingerprint density at radius 2 is 2.25 bits per heavy atom. The van der Waals surface area contributed by atoms with E-state index in [1.54, 1.807) is 7.11 Å². The van der Waals surface area contributed by atoms with Crippen LogP contribution in [-0.4, -0.2) is 24.4 Å². The molecule has 20 heavy (non-hydrogen) atoms. The van der Waals surface area contributed by atoms with Gasteiger partial charge in [-0.2, -0.15) is 0 Å². The van der Waals surface area contributed by atoms with Gasteiger partial charge in [-0.25, -0.2) is 10.1 Å². The molecule has 4 nitrogen and oxygen atoms in total. The zero-order valence-corrected chi connectivity index (χ0v) is 12.5. The lowest BCUT2D eigenvalue weighted by Gasteiger charge is -2.46. The van der Waals surface area contributed by atoms with E-state index in [0.717, 1.165) is 31.3 Å². The van der Waals surface area contributed by atoms with Crippen LogP contribution in [0.1, 0.15) is 39.5 Å². The van der Waals surface area contributed by atoms with Crippen LogP contribution in [0.3, 0.4) is 0 Å². The molecule has 1 aliphatic heterocycles. The molecule has 2 bridgehead atoms. The van der Waals surface area contributed by atoms with Gasteiger partial charge < -0.3 is 9.47 Å². The van der Waals surface area contributed by atoms with Crippen LogP contribution in [0.25, 0.3) is 0 Å². The maximum Gasteiger partial charge on any atom is 0.213 e. The van der Waals surface area contributed by atoms with Crippen molar-refractivity contribution in [1.29, 1.82) is 0 Å². The van der Waals surface area contributed by atoms with Crippen LogP contribution in [0.15, 0.2) is 23.8 Å². The van der Waals surface area contributed by atoms with Gasteiger partial charge in [-0.15, -0.1) is 0 Å². The van der Waals surface area contributed by atoms with Crippen molar-refractivity contribution < 1.29 is 19.6 Å². The van der Waals surface area contributed by atoms with E-state index in [9.17, 15) is 0 Å². The zero-order valence-electron chi connectivity index (χ0n) is 12.5. The molecule has 0 aromatic heterocycles. The molecule has 1 N–H and O–H groups in total. The predicted molar refractivity (Wildman–Crippen MR) is 74.8 cm³/mol. The van der Waals surface area contributed by atoms with Crippen LogP contribution in [-0.2, 0) is 14.4 Å². The third-order valence-electron chi connectivity index (χ3n) is 5.67. The summed E-state index contributed by atoms with van der Waals surface area (Å²) in [6.07, 6.45) is 5.10. The normalized spacial score (nSPS) is 47.7. The summed E-state index contributed by atoms with van der Waals surface area (Å²) < 4.78 is 11.7. The van der Waals surface area contributed by atoms with E-state index in [2.05, 4.69) is 25.3 Å². The molecule has 2 saturated carbocycles. The van der Waals surface area contributed by atoms with Gasteiger partial charge in [0.2, 0.25) is 6.29 Å². The molecule has 0 saturated heterocycles. The van der Waals surface area contributed by atoms with Crippen molar-refractivity contribution >= 4 is 0 Å². The molecular formula is C16H24O4. The number of rotatable bonds is 2. The first-order valence-corrected chi connectivity index (χ1v) is 7.39. The van der Waals surface area contributed by atoms with Crippen molar-refractivity contribution in [2.75, 3.05) is 7.11 Å². The molecule has 2 aliphatic carbocycles. The van der Waals surface area contributed by atoms with Crippen LogP contribution in [0, 0.1) is 17.3 Å². The number of methoxy groups -OCH3 is 1. The van der Waals surface area contributed by atoms with Crippen LogP contribution in [0.2, 0.25) is 0 Å². The monoisotopic (exact) mass is 280 g/mol. The van der Waals surface area contributed by atoms with Crippen LogP contribution < -0.4 is 0 Å². The fraction of sp³-hybridized carbons (Fsp3) is 0.750. The van der Waals surface area contributed by atoms with Gasteiger partial charge in [0.15, 0.2) is 5.79 Å². The fourth-order valence-corrected chi connectivity index (χ4v) is 4.46. The van der Waals surface area contributed by atoms with Gasteiger partial charge in [-0.1, -0.05) is 26.0 Å². The number of ether oxygens (including phenoxy) is 2. The fourth-order valence-electron chi connectivity index (χ4n) is 4.46. The first-order valence-electron chi connectivity index (χ1n) is 7.39. The quantitative estimate of drug-likeness (QED) is 0.478. The van der Waals surface area contributed by atoms with Crippen LogP contribution in [0.5, 0.6) is 0 Å². The lowest BCUT2D eigenvalue weighted by molar-refractivity contribution is -0.372. The largest absolute Gasteiger partial charge is 0.349 e. The molecule has 0 amide bonds. The smallest absolute Gasteiger partial charge is 0.213 e. The Labute approximate surface area is 120 Å². The number of hydrogen-bond donors (Lipinski definition) is 1. The number of hydrogen-bond acceptors (Lipinski definition) is 4. The number of allylic oxidation sites excluding steroid dienone is 1. The standard InChI is InChI=1S/C16H24O4/c1-10-7-13-9-15(3,11(10)2)6-5-12-8-14(20-17)19-16(12,13)18-4/h8,10,13-14,17H,2,5-7,9H2,1,3-4H3/t10-,13-,14-,15-,16+/m0/s1. The zero-order chi connectivity index (χ0) is 14.5. The molecule has 0 aromatic carbocycles. The third kappa shape index (κ3) is 1.82. The summed E-state index contributed by atoms with van der Waals surface area (Å²) in [6.45, 7) is 8.88. The summed E-state index contributed by atoms with van der Waals surface area (Å²) in [5.41, 5.74) is 2.61. The second kappa shape index (κ2) is 4.67. The maximum absolute atomic E-state index is 8.92. The van der Waals surface area contributed by atoms with Crippen molar-refractivity contribution in [3.05, 3.63) is 23.8 Å². The van der Waals surface area contributed by atoms with E-state index in [-0.39, 0.29) is 11.3 Å². The summed E-state index contributed by atoms with van der Waals surface area (Å²) in [5, 5.41) is 8.92. The second-order valence-corrected chi connectivity index (χ2v) is 6.78. The minimum Gasteiger partial charge on any atom is -0.349 e. The molecule has 5 atom stereocenters. The molecule has 0 spiro atoms. The number of fused-ring (bicyclic) bond motifs is 4. The molecule has 3 rings (SSSR count). The Bertz CT molecular complexity index is 457. The highest BCUT2D eigenvalue weighted by Gasteiger charge is 2.56. The Kier molecular flexibility index (Phi) is 3.33. The van der Waals surface area contributed by atoms with Gasteiger partial charge >= 0.3 is 0 Å². The van der Waals surface area contributed by atoms with Gasteiger partial charge in [-0.3, -0.25) is 0 Å². The topological polar surface area (TPSA) is 47.9 Å². The molecule has 112 valence electrons. The Balaban J connectivity index is 2.02. The summed E-state index contributed by atoms with van der Waals surface area (Å²) >= 11 is 0. The Morgan fingerprint density at radius 1 is 1.50 bits per heavy atom. The highest BCUT2D eigenvalue weighted by atomic mass is 17.1. The van der Waals surface area contributed by atoms with Gasteiger partial charge in [0.1, 0.15) is 0 Å². The van der Waals surface area contributed by atoms with E-state index in [1.165, 1.54) is 5.57 Å². The molecule has 0 aromatic rings. The predicted octanol–water partition coefficient (Wildman–Crippen LogP) is 3.50. The van der Waals surface area contributed by atoms with E-state index >= 15 is 0 Å². The maximum atomic E-state index is 8.92. The molecule has 0 radical (unpaired) electrons. The van der Waals surface area contributed by atoms with Crippen molar-refractivity contribution in [2.24, 2.45) is 17.3 Å². The minimum absolute atomic E-state index is 0.151. The second-order valence-electron chi connectivity index (χ2n) is 6.78. The van der Waals surface area contributed by atoms with Crippen molar-refractivity contribution in [3.63, 3.8) is 0 Å². The molecule has 3 aliphatic rings. The van der Waals surface area contributed by atoms with Crippen LogP contribution >= 0.6 is 0 Å². The van der Waals surface area contributed by atoms with Gasteiger partial charge in [-0.05, 0) is 48.7 Å². The highest BCUT2D eigenvalue weighted by molar-refractivity contribution is 5.29. The van der Waals surface area contributed by atoms with E-state index in [1.807, 2.05) is 6.08 Å². The SMILES string of the molecule is C=C1[C@@H](C)C[C@H]2C[C@]1(C)CCC1=C[C@H](OO)O[C@]12OC. The first kappa shape index (κ1) is 14.3. The van der Waals surface area contributed by atoms with Gasteiger partial charge in [0, 0.05) is 13.0 Å². The summed E-state index contributed by atoms with van der Waals surface area (Å²) in [5.74, 6) is -0.00477. The molecule has 2 fully saturated rings. The lowest BCUT2D eigenvalue weighted by Crippen LogP contribution is -2.46. The van der Waals surface area contributed by atoms with Crippen molar-refractivity contribution in [1.82, 2.24) is 0 Å². The van der Waals surface area contributed by atoms with Gasteiger partial charge in [0.05, 0.1) is 0 Å². The summed E-state index contributed by atoms with van der Waals surface area (Å²) in [6, 6.07) is 0. The van der Waals surface area contributed by atoms with E-state index in [0.29, 0.717) is 5.92 Å². The summed E-state index contributed by atoms with van der Waals surface area (Å²) in [7, 11) is 1.68. The average molecular weight is 280 g/mol. The van der Waals surface area contributed by atoms with Gasteiger partial charge in [0.25, 0.3) is 0 Å². The van der Waals surface area contributed by atoms with E-state index in [4.69, 9.17) is 14.7 Å². The molecular weight excluding hydrogens is 256 g/mol. The summed E-state index contributed by atoms with van der Waals surface area (Å²) in [4.78, 5) is 4.39. The average Bonchev–Trinajstić information content (AvgIpc) is 2.77. The van der Waals surface area contributed by atoms with Crippen molar-refractivity contribution in [3.8, 4) is 0 Å². The molecule has 4 heteroatoms. The minimum atomic E-state index is -0.736. The molecule has 1 heterocycles. The van der Waals surface area contributed by atoms with Crippen molar-refractivity contribution in [2.45, 2.75) is 51.6 Å². The lowest BCUT2D eigenvalue weighted by atomic mass is 9.62. The third-order valence-corrected chi connectivity index (χ3v) is 5.67. The molecule has 0 unspecified atom stereocenters. The Hall–Kier alpha value is -0.680. The van der Waals surface area contributed by atoms with Crippen LogP contribution in [0.4, 0.5) is 0 Å². The highest BCUT2D eigenvalue weighted by Crippen LogP contribution is 2.58. The first-order chi connectivity index (χ1) is 9.45.